The van der Waals surface area contributed by atoms with Gasteiger partial charge in [0.1, 0.15) is 0 Å². The summed E-state index contributed by atoms with van der Waals surface area (Å²) in [4.78, 5) is 22.5. The molecule has 30 heavy (non-hydrogen) atoms. The molecule has 0 saturated heterocycles. The molecule has 0 aromatic heterocycles. The molecule has 0 fully saturated rings. The number of nitroso groups, excluding NO2 is 1. The van der Waals surface area contributed by atoms with Crippen molar-refractivity contribution >= 4 is 52.4 Å². The van der Waals surface area contributed by atoms with Crippen LogP contribution < -0.4 is 10.6 Å². The van der Waals surface area contributed by atoms with E-state index in [2.05, 4.69) is 15.2 Å². The number of amides is 1. The number of nitrogens with zero attached hydrogens (tertiary/aromatic N) is 1. The van der Waals surface area contributed by atoms with Gasteiger partial charge in [-0.1, -0.05) is 41.4 Å². The highest BCUT2D eigenvalue weighted by Gasteiger charge is 2.27. The Morgan fingerprint density at radius 1 is 1.17 bits per heavy atom. The minimum absolute atomic E-state index is 0.0500. The van der Waals surface area contributed by atoms with Gasteiger partial charge in [0.25, 0.3) is 5.91 Å². The first-order chi connectivity index (χ1) is 14.1. The first-order valence-electron chi connectivity index (χ1n) is 9.07. The molecule has 2 aromatic rings. The SMILES string of the molecule is CC(C)(CNC(=O)[C@H](O)[C@H](O)Cc1cccc(Nc2c(Cl)cccc2Cl)c1)SN=O. The number of aliphatic hydroxyl groups is 2. The molecule has 7 nitrogen and oxygen atoms in total. The Bertz CT molecular complexity index is 878. The van der Waals surface area contributed by atoms with Gasteiger partial charge in [-0.25, -0.2) is 0 Å². The van der Waals surface area contributed by atoms with Crippen LogP contribution in [0.3, 0.4) is 0 Å². The van der Waals surface area contributed by atoms with Crippen molar-refractivity contribution in [1.82, 2.24) is 5.32 Å². The molecule has 2 rings (SSSR count). The number of carbonyl (C=O) groups excluding carboxylic acids is 1. The third-order valence-electron chi connectivity index (χ3n) is 4.21. The van der Waals surface area contributed by atoms with Crippen LogP contribution in [0.2, 0.25) is 10.0 Å². The Morgan fingerprint density at radius 3 is 2.43 bits per heavy atom. The molecule has 2 aromatic carbocycles. The van der Waals surface area contributed by atoms with E-state index in [4.69, 9.17) is 23.2 Å². The number of anilines is 2. The molecule has 0 radical (unpaired) electrons. The van der Waals surface area contributed by atoms with E-state index in [1.165, 1.54) is 0 Å². The van der Waals surface area contributed by atoms with Crippen LogP contribution in [0.4, 0.5) is 11.4 Å². The maximum Gasteiger partial charge on any atom is 0.251 e. The predicted molar refractivity (Wildman–Crippen MR) is 122 cm³/mol. The van der Waals surface area contributed by atoms with E-state index in [0.29, 0.717) is 27.0 Å². The summed E-state index contributed by atoms with van der Waals surface area (Å²) in [5.41, 5.74) is 1.94. The topological polar surface area (TPSA) is 111 Å². The molecule has 2 atom stereocenters. The number of benzene rings is 2. The number of nitrogens with one attached hydrogen (secondary N) is 2. The molecule has 0 aliphatic rings. The molecule has 0 unspecified atom stereocenters. The van der Waals surface area contributed by atoms with Gasteiger partial charge in [-0.15, -0.1) is 4.91 Å². The fourth-order valence-electron chi connectivity index (χ4n) is 2.60. The fourth-order valence-corrected chi connectivity index (χ4v) is 3.43. The minimum Gasteiger partial charge on any atom is -0.390 e. The molecule has 0 aliphatic heterocycles. The van der Waals surface area contributed by atoms with Crippen LogP contribution in [-0.2, 0) is 11.2 Å². The average molecular weight is 472 g/mol. The molecule has 4 N–H and O–H groups in total. The quantitative estimate of drug-likeness (QED) is 0.303. The molecule has 0 heterocycles. The second-order valence-electron chi connectivity index (χ2n) is 7.28. The van der Waals surface area contributed by atoms with E-state index >= 15 is 0 Å². The van der Waals surface area contributed by atoms with Crippen molar-refractivity contribution in [3.8, 4) is 0 Å². The lowest BCUT2D eigenvalue weighted by Crippen LogP contribution is -2.46. The van der Waals surface area contributed by atoms with Crippen molar-refractivity contribution in [2.75, 3.05) is 11.9 Å². The minimum atomic E-state index is -1.62. The number of rotatable bonds is 10. The average Bonchev–Trinajstić information content (AvgIpc) is 2.69. The van der Waals surface area contributed by atoms with Crippen LogP contribution in [0.15, 0.2) is 47.0 Å². The van der Waals surface area contributed by atoms with Crippen LogP contribution in [0, 0.1) is 4.91 Å². The van der Waals surface area contributed by atoms with E-state index in [-0.39, 0.29) is 13.0 Å². The van der Waals surface area contributed by atoms with Gasteiger partial charge in [0.05, 0.1) is 26.6 Å². The number of hydrogen-bond acceptors (Lipinski definition) is 7. The van der Waals surface area contributed by atoms with Gasteiger partial charge >= 0.3 is 0 Å². The highest BCUT2D eigenvalue weighted by Crippen LogP contribution is 2.32. The largest absolute Gasteiger partial charge is 0.390 e. The van der Waals surface area contributed by atoms with Gasteiger partial charge in [0.2, 0.25) is 0 Å². The third kappa shape index (κ3) is 7.14. The van der Waals surface area contributed by atoms with Gasteiger partial charge in [-0.3, -0.25) is 4.79 Å². The number of aliphatic hydroxyl groups excluding tert-OH is 2. The number of carbonyl (C=O) groups is 1. The normalized spacial score (nSPS) is 13.4. The summed E-state index contributed by atoms with van der Waals surface area (Å²) in [6, 6.07) is 12.3. The number of hydrogen-bond donors (Lipinski definition) is 4. The zero-order valence-corrected chi connectivity index (χ0v) is 18.8. The van der Waals surface area contributed by atoms with E-state index in [1.807, 2.05) is 0 Å². The van der Waals surface area contributed by atoms with Crippen LogP contribution in [-0.4, -0.2) is 39.6 Å². The highest BCUT2D eigenvalue weighted by atomic mass is 35.5. The van der Waals surface area contributed by atoms with E-state index in [0.717, 1.165) is 11.9 Å². The van der Waals surface area contributed by atoms with Crippen molar-refractivity contribution in [3.05, 3.63) is 63.0 Å². The maximum atomic E-state index is 12.1. The Morgan fingerprint density at radius 2 is 1.80 bits per heavy atom. The lowest BCUT2D eigenvalue weighted by molar-refractivity contribution is -0.135. The fraction of sp³-hybridized carbons (Fsp3) is 0.350. The zero-order chi connectivity index (χ0) is 22.3. The van der Waals surface area contributed by atoms with Crippen LogP contribution in [0.25, 0.3) is 0 Å². The summed E-state index contributed by atoms with van der Waals surface area (Å²) in [5, 5.41) is 27.0. The van der Waals surface area contributed by atoms with Crippen molar-refractivity contribution in [3.63, 3.8) is 0 Å². The molecular weight excluding hydrogens is 449 g/mol. The Labute approximate surface area is 189 Å². The standard InChI is InChI=1S/C20H23Cl2N3O4S/c1-20(2,30-25-29)11-23-19(28)18(27)16(26)10-12-5-3-6-13(9-12)24-17-14(21)7-4-8-15(17)22/h3-9,16,18,24,26-27H,10-11H2,1-2H3,(H,23,28)/t16-,18-/m1/s1. The molecule has 10 heteroatoms. The van der Waals surface area contributed by atoms with Crippen molar-refractivity contribution < 1.29 is 15.0 Å². The zero-order valence-electron chi connectivity index (χ0n) is 16.4. The second kappa shape index (κ2) is 11.0. The predicted octanol–water partition coefficient (Wildman–Crippen LogP) is 4.31. The van der Waals surface area contributed by atoms with E-state index in [9.17, 15) is 19.9 Å². The lowest BCUT2D eigenvalue weighted by atomic mass is 10.0. The first kappa shape index (κ1) is 24.4. The van der Waals surface area contributed by atoms with Gasteiger partial charge in [-0.05, 0) is 43.7 Å². The van der Waals surface area contributed by atoms with Crippen LogP contribution in [0.1, 0.15) is 19.4 Å². The first-order valence-corrected chi connectivity index (χ1v) is 10.6. The summed E-state index contributed by atoms with van der Waals surface area (Å²) in [7, 11) is 0. The van der Waals surface area contributed by atoms with Crippen LogP contribution >= 0.6 is 35.1 Å². The monoisotopic (exact) mass is 471 g/mol. The van der Waals surface area contributed by atoms with Crippen molar-refractivity contribution in [1.29, 1.82) is 0 Å². The second-order valence-corrected chi connectivity index (χ2v) is 9.53. The van der Waals surface area contributed by atoms with Crippen LogP contribution in [0.5, 0.6) is 0 Å². The molecule has 162 valence electrons. The Kier molecular flexibility index (Phi) is 8.93. The number of halogens is 2. The molecule has 0 bridgehead atoms. The maximum absolute atomic E-state index is 12.1. The van der Waals surface area contributed by atoms with Crippen molar-refractivity contribution in [2.45, 2.75) is 37.2 Å². The summed E-state index contributed by atoms with van der Waals surface area (Å²) in [6.07, 6.45) is -2.89. The molecular formula is C20H23Cl2N3O4S. The highest BCUT2D eigenvalue weighted by molar-refractivity contribution is 7.99. The molecule has 0 aliphatic carbocycles. The summed E-state index contributed by atoms with van der Waals surface area (Å²) < 4.78 is 2.13. The third-order valence-corrected chi connectivity index (χ3v) is 5.55. The lowest BCUT2D eigenvalue weighted by Gasteiger charge is -2.23. The summed E-state index contributed by atoms with van der Waals surface area (Å²) in [6.45, 7) is 3.57. The molecule has 1 amide bonds. The summed E-state index contributed by atoms with van der Waals surface area (Å²) in [5.74, 6) is -0.723. The Balaban J connectivity index is 1.99. The molecule has 0 spiro atoms. The van der Waals surface area contributed by atoms with Gasteiger partial charge in [-0.2, -0.15) is 0 Å². The van der Waals surface area contributed by atoms with Gasteiger partial charge in [0.15, 0.2) is 6.10 Å². The molecule has 0 saturated carbocycles. The number of para-hydroxylation sites is 1. The van der Waals surface area contributed by atoms with E-state index in [1.54, 1.807) is 56.3 Å². The summed E-state index contributed by atoms with van der Waals surface area (Å²) >= 11 is 13.1. The Hall–Kier alpha value is -1.84. The van der Waals surface area contributed by atoms with Gasteiger partial charge < -0.3 is 20.8 Å². The van der Waals surface area contributed by atoms with E-state index < -0.39 is 22.9 Å². The smallest absolute Gasteiger partial charge is 0.251 e. The van der Waals surface area contributed by atoms with Crippen molar-refractivity contribution in [2.24, 2.45) is 4.58 Å². The van der Waals surface area contributed by atoms with Gasteiger partial charge in [0, 0.05) is 35.2 Å².